The second kappa shape index (κ2) is 9.12. The summed E-state index contributed by atoms with van der Waals surface area (Å²) in [4.78, 5) is 23.4. The molecule has 0 bridgehead atoms. The van der Waals surface area contributed by atoms with Crippen LogP contribution in [0.5, 0.6) is 5.75 Å². The number of anilines is 1. The summed E-state index contributed by atoms with van der Waals surface area (Å²) in [7, 11) is 0. The van der Waals surface area contributed by atoms with Gasteiger partial charge in [0.15, 0.2) is 12.4 Å². The van der Waals surface area contributed by atoms with E-state index in [1.54, 1.807) is 24.3 Å². The zero-order valence-corrected chi connectivity index (χ0v) is 14.7. The number of amides is 1. The third kappa shape index (κ3) is 5.42. The predicted molar refractivity (Wildman–Crippen MR) is 93.7 cm³/mol. The standard InChI is InChI=1S/C17H21N3O3S/c1-3-5-6-16-19-20-17(24-16)18-15(22)11-23-13-9-7-12(8-10-13)14(21)4-2/h7-10H,3-6,11H2,1-2H3,(H,18,20,22). The van der Waals surface area contributed by atoms with Crippen molar-refractivity contribution >= 4 is 28.2 Å². The van der Waals surface area contributed by atoms with Gasteiger partial charge in [0.25, 0.3) is 5.91 Å². The number of nitrogens with zero attached hydrogens (tertiary/aromatic N) is 2. The first kappa shape index (κ1) is 18.1. The van der Waals surface area contributed by atoms with Gasteiger partial charge in [-0.15, -0.1) is 10.2 Å². The van der Waals surface area contributed by atoms with Gasteiger partial charge < -0.3 is 4.74 Å². The van der Waals surface area contributed by atoms with E-state index in [0.717, 1.165) is 24.3 Å². The molecule has 1 amide bonds. The van der Waals surface area contributed by atoms with E-state index in [1.807, 2.05) is 6.92 Å². The molecule has 2 aromatic rings. The number of carbonyl (C=O) groups excluding carboxylic acids is 2. The number of ketones is 1. The van der Waals surface area contributed by atoms with Crippen LogP contribution in [-0.4, -0.2) is 28.5 Å². The minimum atomic E-state index is -0.290. The number of benzene rings is 1. The monoisotopic (exact) mass is 347 g/mol. The largest absolute Gasteiger partial charge is 0.484 e. The maximum Gasteiger partial charge on any atom is 0.264 e. The zero-order chi connectivity index (χ0) is 17.4. The molecule has 0 aliphatic rings. The molecular weight excluding hydrogens is 326 g/mol. The average molecular weight is 347 g/mol. The van der Waals surface area contributed by atoms with Crippen LogP contribution in [0.25, 0.3) is 0 Å². The lowest BCUT2D eigenvalue weighted by Gasteiger charge is -2.06. The fraction of sp³-hybridized carbons (Fsp3) is 0.412. The van der Waals surface area contributed by atoms with Gasteiger partial charge in [-0.05, 0) is 30.7 Å². The number of hydrogen-bond donors (Lipinski definition) is 1. The summed E-state index contributed by atoms with van der Waals surface area (Å²) in [6.45, 7) is 3.81. The van der Waals surface area contributed by atoms with Crippen LogP contribution in [0.1, 0.15) is 48.5 Å². The third-order valence-corrected chi connectivity index (χ3v) is 4.22. The summed E-state index contributed by atoms with van der Waals surface area (Å²) in [5.74, 6) is 0.329. The van der Waals surface area contributed by atoms with Crippen LogP contribution in [0.2, 0.25) is 0 Å². The summed E-state index contributed by atoms with van der Waals surface area (Å²) >= 11 is 1.38. The Morgan fingerprint density at radius 3 is 2.58 bits per heavy atom. The lowest BCUT2D eigenvalue weighted by molar-refractivity contribution is -0.118. The highest BCUT2D eigenvalue weighted by Crippen LogP contribution is 2.17. The molecule has 0 saturated carbocycles. The van der Waals surface area contributed by atoms with Crippen molar-refractivity contribution in [3.63, 3.8) is 0 Å². The Balaban J connectivity index is 1.80. The van der Waals surface area contributed by atoms with Gasteiger partial charge in [-0.2, -0.15) is 0 Å². The highest BCUT2D eigenvalue weighted by molar-refractivity contribution is 7.15. The summed E-state index contributed by atoms with van der Waals surface area (Å²) in [6, 6.07) is 6.77. The Hall–Kier alpha value is -2.28. The second-order valence-corrected chi connectivity index (χ2v) is 6.30. The van der Waals surface area contributed by atoms with Crippen molar-refractivity contribution in [3.8, 4) is 5.75 Å². The van der Waals surface area contributed by atoms with Crippen molar-refractivity contribution in [1.82, 2.24) is 10.2 Å². The molecule has 0 saturated heterocycles. The van der Waals surface area contributed by atoms with E-state index < -0.39 is 0 Å². The van der Waals surface area contributed by atoms with E-state index in [2.05, 4.69) is 22.4 Å². The molecule has 0 unspecified atom stereocenters. The van der Waals surface area contributed by atoms with Crippen molar-refractivity contribution in [2.24, 2.45) is 0 Å². The van der Waals surface area contributed by atoms with E-state index in [1.165, 1.54) is 11.3 Å². The maximum absolute atomic E-state index is 11.9. The molecule has 0 spiro atoms. The van der Waals surface area contributed by atoms with Gasteiger partial charge in [-0.3, -0.25) is 14.9 Å². The number of hydrogen-bond acceptors (Lipinski definition) is 6. The number of ether oxygens (including phenoxy) is 1. The maximum atomic E-state index is 11.9. The van der Waals surface area contributed by atoms with Crippen molar-refractivity contribution in [3.05, 3.63) is 34.8 Å². The van der Waals surface area contributed by atoms with E-state index in [4.69, 9.17) is 4.74 Å². The molecule has 0 fully saturated rings. The lowest BCUT2D eigenvalue weighted by atomic mass is 10.1. The molecule has 0 aliphatic heterocycles. The van der Waals surface area contributed by atoms with Crippen LogP contribution < -0.4 is 10.1 Å². The van der Waals surface area contributed by atoms with Crippen LogP contribution in [0.4, 0.5) is 5.13 Å². The van der Waals surface area contributed by atoms with E-state index >= 15 is 0 Å². The van der Waals surface area contributed by atoms with Gasteiger partial charge in [0.2, 0.25) is 5.13 Å². The molecule has 1 heterocycles. The molecule has 24 heavy (non-hydrogen) atoms. The number of rotatable bonds is 9. The fourth-order valence-corrected chi connectivity index (χ4v) is 2.78. The first-order chi connectivity index (χ1) is 11.6. The highest BCUT2D eigenvalue weighted by atomic mass is 32.1. The summed E-state index contributed by atoms with van der Waals surface area (Å²) < 4.78 is 5.41. The van der Waals surface area contributed by atoms with Gasteiger partial charge in [0, 0.05) is 18.4 Å². The van der Waals surface area contributed by atoms with Crippen molar-refractivity contribution in [1.29, 1.82) is 0 Å². The molecule has 1 aromatic carbocycles. The number of nitrogens with one attached hydrogen (secondary N) is 1. The number of Topliss-reactive ketones (excluding diaryl/α,β-unsaturated/α-hetero) is 1. The molecule has 7 heteroatoms. The van der Waals surface area contributed by atoms with Crippen molar-refractivity contribution in [2.75, 3.05) is 11.9 Å². The van der Waals surface area contributed by atoms with Crippen molar-refractivity contribution < 1.29 is 14.3 Å². The SMILES string of the molecule is CCCCc1nnc(NC(=O)COc2ccc(C(=O)CC)cc2)s1. The molecule has 6 nitrogen and oxygen atoms in total. The summed E-state index contributed by atoms with van der Waals surface area (Å²) in [5, 5.41) is 12.1. The Morgan fingerprint density at radius 2 is 1.92 bits per heavy atom. The lowest BCUT2D eigenvalue weighted by Crippen LogP contribution is -2.20. The van der Waals surface area contributed by atoms with Gasteiger partial charge in [-0.1, -0.05) is 31.6 Å². The fourth-order valence-electron chi connectivity index (χ4n) is 1.98. The van der Waals surface area contributed by atoms with Crippen LogP contribution in [0.3, 0.4) is 0 Å². The van der Waals surface area contributed by atoms with E-state index in [0.29, 0.717) is 22.9 Å². The minimum absolute atomic E-state index is 0.0782. The van der Waals surface area contributed by atoms with Crippen LogP contribution in [-0.2, 0) is 11.2 Å². The Morgan fingerprint density at radius 1 is 1.17 bits per heavy atom. The van der Waals surface area contributed by atoms with E-state index in [9.17, 15) is 9.59 Å². The molecule has 1 N–H and O–H groups in total. The molecular formula is C17H21N3O3S. The molecule has 1 aromatic heterocycles. The topological polar surface area (TPSA) is 81.2 Å². The van der Waals surface area contributed by atoms with Crippen molar-refractivity contribution in [2.45, 2.75) is 39.5 Å². The van der Waals surface area contributed by atoms with Gasteiger partial charge >= 0.3 is 0 Å². The number of aryl methyl sites for hydroxylation is 1. The van der Waals surface area contributed by atoms with Gasteiger partial charge in [-0.25, -0.2) is 0 Å². The van der Waals surface area contributed by atoms with Crippen LogP contribution in [0.15, 0.2) is 24.3 Å². The van der Waals surface area contributed by atoms with Gasteiger partial charge in [0.1, 0.15) is 10.8 Å². The Labute approximate surface area is 145 Å². The zero-order valence-electron chi connectivity index (χ0n) is 13.9. The smallest absolute Gasteiger partial charge is 0.264 e. The number of carbonyl (C=O) groups is 2. The Bertz CT molecular complexity index is 683. The first-order valence-corrected chi connectivity index (χ1v) is 8.82. The number of unbranched alkanes of at least 4 members (excludes halogenated alkanes) is 1. The molecule has 0 aliphatic carbocycles. The molecule has 0 atom stereocenters. The Kier molecular flexibility index (Phi) is 6.87. The van der Waals surface area contributed by atoms with Gasteiger partial charge in [0.05, 0.1) is 0 Å². The highest BCUT2D eigenvalue weighted by Gasteiger charge is 2.09. The quantitative estimate of drug-likeness (QED) is 0.702. The molecule has 0 radical (unpaired) electrons. The first-order valence-electron chi connectivity index (χ1n) is 8.00. The van der Waals surface area contributed by atoms with Crippen LogP contribution in [0, 0.1) is 0 Å². The average Bonchev–Trinajstić information content (AvgIpc) is 3.05. The third-order valence-electron chi connectivity index (χ3n) is 3.32. The van der Waals surface area contributed by atoms with Crippen LogP contribution >= 0.6 is 11.3 Å². The molecule has 2 rings (SSSR count). The second-order valence-electron chi connectivity index (χ2n) is 5.24. The number of aromatic nitrogens is 2. The molecule has 128 valence electrons. The predicted octanol–water partition coefficient (Wildman–Crippen LogP) is 3.49. The minimum Gasteiger partial charge on any atom is -0.484 e. The normalized spacial score (nSPS) is 10.4. The van der Waals surface area contributed by atoms with E-state index in [-0.39, 0.29) is 18.3 Å². The summed E-state index contributed by atoms with van der Waals surface area (Å²) in [6.07, 6.45) is 3.49. The summed E-state index contributed by atoms with van der Waals surface area (Å²) in [5.41, 5.74) is 0.641.